The highest BCUT2D eigenvalue weighted by atomic mass is 32.1. The van der Waals surface area contributed by atoms with Crippen molar-refractivity contribution < 1.29 is 23.7 Å². The molecular formula is C31H28N2O6S. The number of thiazole rings is 1. The zero-order valence-electron chi connectivity index (χ0n) is 22.5. The van der Waals surface area contributed by atoms with Crippen molar-refractivity contribution in [3.05, 3.63) is 115 Å². The topological polar surface area (TPSA) is 88.4 Å². The lowest BCUT2D eigenvalue weighted by Crippen LogP contribution is -2.40. The zero-order valence-corrected chi connectivity index (χ0v) is 23.4. The number of hydrogen-bond acceptors (Lipinski definition) is 8. The Kier molecular flexibility index (Phi) is 7.84. The van der Waals surface area contributed by atoms with Crippen LogP contribution < -0.4 is 29.1 Å². The van der Waals surface area contributed by atoms with Crippen molar-refractivity contribution >= 4 is 29.1 Å². The van der Waals surface area contributed by atoms with Crippen LogP contribution in [0.25, 0.3) is 11.8 Å². The maximum Gasteiger partial charge on any atom is 0.338 e. The molecule has 0 radical (unpaired) electrons. The Labute approximate surface area is 235 Å². The highest BCUT2D eigenvalue weighted by molar-refractivity contribution is 7.07. The summed E-state index contributed by atoms with van der Waals surface area (Å²) in [5.41, 5.74) is 2.68. The van der Waals surface area contributed by atoms with Gasteiger partial charge < -0.3 is 18.9 Å². The van der Waals surface area contributed by atoms with Gasteiger partial charge in [0.15, 0.2) is 16.3 Å². The molecule has 0 N–H and O–H groups in total. The lowest BCUT2D eigenvalue weighted by atomic mass is 9.93. The van der Waals surface area contributed by atoms with Crippen LogP contribution in [0.5, 0.6) is 17.2 Å². The lowest BCUT2D eigenvalue weighted by Gasteiger charge is -2.26. The zero-order chi connectivity index (χ0) is 28.2. The second-order valence-corrected chi connectivity index (χ2v) is 9.83. The molecule has 204 valence electrons. The Bertz CT molecular complexity index is 1750. The quantitative estimate of drug-likeness (QED) is 0.306. The first-order chi connectivity index (χ1) is 19.5. The van der Waals surface area contributed by atoms with Gasteiger partial charge in [0.05, 0.1) is 49.8 Å². The maximum absolute atomic E-state index is 14.0. The number of benzene rings is 3. The summed E-state index contributed by atoms with van der Waals surface area (Å²) in [6.07, 6.45) is 1.81. The van der Waals surface area contributed by atoms with Crippen LogP contribution in [0.1, 0.15) is 29.7 Å². The van der Waals surface area contributed by atoms with Gasteiger partial charge in [-0.2, -0.15) is 0 Å². The van der Waals surface area contributed by atoms with E-state index in [1.54, 1.807) is 45.0 Å². The summed E-state index contributed by atoms with van der Waals surface area (Å²) >= 11 is 1.26. The van der Waals surface area contributed by atoms with E-state index in [9.17, 15) is 9.59 Å². The summed E-state index contributed by atoms with van der Waals surface area (Å²) in [5, 5.41) is 0. The SMILES string of the molecule is CCOC(=O)C1=C(c2ccccc2)N=c2s/c(=C\c3ccc(OC)cc3)c(=O)n2[C@@H]1c1ccc(OC)c(OC)c1. The number of hydrogen-bond donors (Lipinski definition) is 0. The van der Waals surface area contributed by atoms with Gasteiger partial charge in [-0.15, -0.1) is 0 Å². The van der Waals surface area contributed by atoms with E-state index in [1.165, 1.54) is 11.3 Å². The first-order valence-electron chi connectivity index (χ1n) is 12.6. The van der Waals surface area contributed by atoms with Crippen LogP contribution in [0, 0.1) is 0 Å². The fourth-order valence-corrected chi connectivity index (χ4v) is 5.63. The van der Waals surface area contributed by atoms with E-state index in [-0.39, 0.29) is 17.7 Å². The minimum absolute atomic E-state index is 0.172. The van der Waals surface area contributed by atoms with Gasteiger partial charge in [0.2, 0.25) is 0 Å². The van der Waals surface area contributed by atoms with Crippen LogP contribution in [0.4, 0.5) is 0 Å². The third-order valence-electron chi connectivity index (χ3n) is 6.51. The molecule has 5 rings (SSSR count). The molecule has 40 heavy (non-hydrogen) atoms. The number of rotatable bonds is 8. The molecule has 0 fully saturated rings. The largest absolute Gasteiger partial charge is 0.497 e. The molecule has 0 saturated carbocycles. The molecule has 3 aromatic carbocycles. The van der Waals surface area contributed by atoms with Crippen LogP contribution in [-0.2, 0) is 9.53 Å². The Morgan fingerprint density at radius 3 is 2.33 bits per heavy atom. The van der Waals surface area contributed by atoms with E-state index in [2.05, 4.69) is 0 Å². The third kappa shape index (κ3) is 5.03. The van der Waals surface area contributed by atoms with Gasteiger partial charge in [0.25, 0.3) is 5.56 Å². The molecule has 4 aromatic rings. The number of ether oxygens (including phenoxy) is 4. The molecule has 1 aliphatic heterocycles. The number of carbonyl (C=O) groups is 1. The number of methoxy groups -OCH3 is 3. The van der Waals surface area contributed by atoms with E-state index < -0.39 is 12.0 Å². The smallest absolute Gasteiger partial charge is 0.338 e. The minimum Gasteiger partial charge on any atom is -0.497 e. The molecular weight excluding hydrogens is 528 g/mol. The predicted octanol–water partition coefficient (Wildman–Crippen LogP) is 3.96. The summed E-state index contributed by atoms with van der Waals surface area (Å²) in [4.78, 5) is 32.9. The highest BCUT2D eigenvalue weighted by Gasteiger charge is 2.35. The Hall–Kier alpha value is -4.63. The van der Waals surface area contributed by atoms with Crippen LogP contribution in [0.3, 0.4) is 0 Å². The second kappa shape index (κ2) is 11.6. The van der Waals surface area contributed by atoms with Crippen molar-refractivity contribution in [3.8, 4) is 17.2 Å². The van der Waals surface area contributed by atoms with Gasteiger partial charge in [0, 0.05) is 5.56 Å². The van der Waals surface area contributed by atoms with Gasteiger partial charge in [-0.3, -0.25) is 9.36 Å². The average molecular weight is 557 g/mol. The third-order valence-corrected chi connectivity index (χ3v) is 7.49. The lowest BCUT2D eigenvalue weighted by molar-refractivity contribution is -0.138. The molecule has 1 aromatic heterocycles. The molecule has 0 spiro atoms. The van der Waals surface area contributed by atoms with Gasteiger partial charge in [-0.05, 0) is 48.4 Å². The monoisotopic (exact) mass is 556 g/mol. The van der Waals surface area contributed by atoms with Gasteiger partial charge >= 0.3 is 5.97 Å². The van der Waals surface area contributed by atoms with Crippen molar-refractivity contribution in [2.45, 2.75) is 13.0 Å². The van der Waals surface area contributed by atoms with E-state index in [1.807, 2.05) is 66.7 Å². The van der Waals surface area contributed by atoms with E-state index >= 15 is 0 Å². The number of aromatic nitrogens is 1. The Morgan fingerprint density at radius 2 is 1.68 bits per heavy atom. The number of nitrogens with zero attached hydrogens (tertiary/aromatic N) is 2. The molecule has 0 amide bonds. The molecule has 1 aliphatic rings. The van der Waals surface area contributed by atoms with Crippen molar-refractivity contribution in [1.82, 2.24) is 4.57 Å². The Morgan fingerprint density at radius 1 is 0.950 bits per heavy atom. The van der Waals surface area contributed by atoms with Crippen LogP contribution in [-0.4, -0.2) is 38.5 Å². The summed E-state index contributed by atoms with van der Waals surface area (Å²) in [7, 11) is 4.70. The van der Waals surface area contributed by atoms with Crippen molar-refractivity contribution in [2.24, 2.45) is 4.99 Å². The molecule has 2 heterocycles. The van der Waals surface area contributed by atoms with Gasteiger partial charge in [0.1, 0.15) is 5.75 Å². The highest BCUT2D eigenvalue weighted by Crippen LogP contribution is 2.38. The first-order valence-corrected chi connectivity index (χ1v) is 13.4. The fraction of sp³-hybridized carbons (Fsp3) is 0.194. The standard InChI is InChI=1S/C31H28N2O6S/c1-5-39-30(35)26-27(20-9-7-6-8-10-20)32-31-33(28(26)21-13-16-23(37-3)24(18-21)38-4)29(34)25(40-31)17-19-11-14-22(36-2)15-12-19/h6-18,28H,5H2,1-4H3/b25-17-/t28-/m1/s1. The molecule has 9 heteroatoms. The van der Waals surface area contributed by atoms with Gasteiger partial charge in [-0.25, -0.2) is 9.79 Å². The van der Waals surface area contributed by atoms with E-state index in [0.717, 1.165) is 16.9 Å². The van der Waals surface area contributed by atoms with Crippen molar-refractivity contribution in [1.29, 1.82) is 0 Å². The summed E-state index contributed by atoms with van der Waals surface area (Å²) in [6, 6.07) is 21.4. The molecule has 0 saturated heterocycles. The predicted molar refractivity (Wildman–Crippen MR) is 154 cm³/mol. The van der Waals surface area contributed by atoms with E-state index in [0.29, 0.717) is 32.1 Å². The molecule has 0 aliphatic carbocycles. The van der Waals surface area contributed by atoms with Crippen LogP contribution in [0.15, 0.2) is 88.2 Å². The van der Waals surface area contributed by atoms with Gasteiger partial charge in [-0.1, -0.05) is 59.9 Å². The first kappa shape index (κ1) is 27.0. The fourth-order valence-electron chi connectivity index (χ4n) is 4.63. The Balaban J connectivity index is 1.82. The molecule has 1 atom stereocenters. The molecule has 0 bridgehead atoms. The number of esters is 1. The summed E-state index contributed by atoms with van der Waals surface area (Å²) in [5.74, 6) is 1.18. The number of carbonyl (C=O) groups excluding carboxylic acids is 1. The van der Waals surface area contributed by atoms with Crippen LogP contribution in [0.2, 0.25) is 0 Å². The molecule has 8 nitrogen and oxygen atoms in total. The summed E-state index contributed by atoms with van der Waals surface area (Å²) < 4.78 is 23.8. The van der Waals surface area contributed by atoms with Crippen molar-refractivity contribution in [3.63, 3.8) is 0 Å². The maximum atomic E-state index is 14.0. The molecule has 0 unspecified atom stereocenters. The van der Waals surface area contributed by atoms with Crippen LogP contribution >= 0.6 is 11.3 Å². The normalized spacial score (nSPS) is 14.8. The average Bonchev–Trinajstić information content (AvgIpc) is 3.30. The van der Waals surface area contributed by atoms with Crippen molar-refractivity contribution in [2.75, 3.05) is 27.9 Å². The minimum atomic E-state index is -0.816. The number of fused-ring (bicyclic) bond motifs is 1. The second-order valence-electron chi connectivity index (χ2n) is 8.82. The summed E-state index contributed by atoms with van der Waals surface area (Å²) in [6.45, 7) is 1.92. The van der Waals surface area contributed by atoms with E-state index in [4.69, 9.17) is 23.9 Å².